The van der Waals surface area contributed by atoms with Crippen molar-refractivity contribution in [3.8, 4) is 0 Å². The summed E-state index contributed by atoms with van der Waals surface area (Å²) in [6.45, 7) is 3.06. The first kappa shape index (κ1) is 53.8. The zero-order chi connectivity index (χ0) is 30.6. The van der Waals surface area contributed by atoms with E-state index in [1.807, 2.05) is 0 Å². The van der Waals surface area contributed by atoms with Gasteiger partial charge < -0.3 is 30.3 Å². The SMILES string of the molecule is CC(C)=O.C[S+]([O-])C[N+](=C=NC1CCCCC1)C1CCCCC1.C[S+]([O-])C[N+](=C=NC1CCCCC1)C1CCCCC1.[Al+3].[AlH3].[O-2].[O-2].[O-2]. The molecule has 0 aromatic rings. The minimum absolute atomic E-state index is 0. The van der Waals surface area contributed by atoms with Crippen LogP contribution in [0.2, 0.25) is 0 Å². The summed E-state index contributed by atoms with van der Waals surface area (Å²) >= 11 is -1.60. The molecule has 2 unspecified atom stereocenters. The summed E-state index contributed by atoms with van der Waals surface area (Å²) in [5.41, 5.74) is 0. The van der Waals surface area contributed by atoms with Gasteiger partial charge in [-0.05, 0) is 149 Å². The molecule has 14 heteroatoms. The Bertz CT molecular complexity index is 826. The third-order valence-corrected chi connectivity index (χ3v) is 9.84. The molecule has 0 amide bonds. The average molecular weight is 730 g/mol. The van der Waals surface area contributed by atoms with E-state index in [1.54, 1.807) is 12.5 Å². The van der Waals surface area contributed by atoms with Gasteiger partial charge >= 0.3 is 29.4 Å². The molecule has 10 nitrogen and oxygen atoms in total. The Morgan fingerprint density at radius 1 is 0.596 bits per heavy atom. The van der Waals surface area contributed by atoms with Crippen LogP contribution >= 0.6 is 0 Å². The zero-order valence-corrected chi connectivity index (χ0v) is 31.8. The van der Waals surface area contributed by atoms with Crippen LogP contribution in [0.3, 0.4) is 0 Å². The van der Waals surface area contributed by atoms with Crippen molar-refractivity contribution in [3.63, 3.8) is 0 Å². The quantitative estimate of drug-likeness (QED) is 0.148. The van der Waals surface area contributed by atoms with Crippen LogP contribution in [0.25, 0.3) is 0 Å². The molecule has 0 N–H and O–H groups in total. The van der Waals surface area contributed by atoms with Gasteiger partial charge in [-0.1, -0.05) is 25.7 Å². The smallest absolute Gasteiger partial charge is 2.00 e. The Hall–Kier alpha value is -0.00506. The van der Waals surface area contributed by atoms with Crippen molar-refractivity contribution in [1.29, 1.82) is 0 Å². The largest absolute Gasteiger partial charge is 3.00 e. The standard InChI is InChI=1S/2C15H27N2OS.C3H6O.2Al.3O.3H/c2*1-19(18)13-17(15-10-6-3-7-11-15)12-16-14-8-4-2-5-9-14;1-3(2)4;;;;;;;;/h2*14-15H,2-11,13H2,1H3;1-2H3;;;;;;;;/q2*+1;;;+3;3*-2;;;. The van der Waals surface area contributed by atoms with Crippen molar-refractivity contribution >= 4 is 74.9 Å². The van der Waals surface area contributed by atoms with E-state index in [0.717, 1.165) is 0 Å². The van der Waals surface area contributed by atoms with Gasteiger partial charge in [0.1, 0.15) is 17.9 Å². The van der Waals surface area contributed by atoms with Crippen LogP contribution < -0.4 is 0 Å². The number of nitrogens with zero attached hydrogens (tertiary/aromatic N) is 4. The van der Waals surface area contributed by atoms with Crippen LogP contribution in [-0.2, 0) is 43.6 Å². The first-order valence-electron chi connectivity index (χ1n) is 16.8. The fourth-order valence-electron chi connectivity index (χ4n) is 6.34. The molecule has 0 saturated heterocycles. The van der Waals surface area contributed by atoms with Crippen LogP contribution in [-0.4, -0.2) is 119 Å². The van der Waals surface area contributed by atoms with Crippen LogP contribution in [0, 0.1) is 0 Å². The molecule has 0 aliphatic heterocycles. The van der Waals surface area contributed by atoms with Crippen molar-refractivity contribution in [2.24, 2.45) is 9.98 Å². The first-order valence-corrected chi connectivity index (χ1v) is 20.2. The van der Waals surface area contributed by atoms with Crippen LogP contribution in [0.15, 0.2) is 9.98 Å². The second-order valence-electron chi connectivity index (χ2n) is 12.9. The molecular formula is C33H63Al2N4O6S2-. The maximum atomic E-state index is 11.5. The maximum Gasteiger partial charge on any atom is 3.00 e. The summed E-state index contributed by atoms with van der Waals surface area (Å²) in [7, 11) is 0. The van der Waals surface area contributed by atoms with E-state index >= 15 is 0 Å². The minimum Gasteiger partial charge on any atom is -2.00 e. The molecular weight excluding hydrogens is 666 g/mol. The zero-order valence-electron chi connectivity index (χ0n) is 29.0. The van der Waals surface area contributed by atoms with Gasteiger partial charge in [0, 0.05) is 0 Å². The molecule has 4 rings (SSSR count). The van der Waals surface area contributed by atoms with Gasteiger partial charge in [0.15, 0.2) is 29.4 Å². The Labute approximate surface area is 313 Å². The van der Waals surface area contributed by atoms with Crippen molar-refractivity contribution in [2.45, 2.75) is 166 Å². The van der Waals surface area contributed by atoms with Gasteiger partial charge in [0.05, 0.1) is 12.5 Å². The number of hydrogen-bond acceptors (Lipinski definition) is 5. The Balaban J connectivity index is -0.000000322. The van der Waals surface area contributed by atoms with Crippen molar-refractivity contribution in [3.05, 3.63) is 0 Å². The second kappa shape index (κ2) is 33.2. The van der Waals surface area contributed by atoms with Crippen molar-refractivity contribution < 1.29 is 39.5 Å². The van der Waals surface area contributed by atoms with E-state index in [4.69, 9.17) is 0 Å². The normalized spacial score (nSPS) is 19.7. The van der Waals surface area contributed by atoms with Gasteiger partial charge in [-0.15, -0.1) is 0 Å². The van der Waals surface area contributed by atoms with Crippen molar-refractivity contribution in [2.75, 3.05) is 24.3 Å². The summed E-state index contributed by atoms with van der Waals surface area (Å²) in [4.78, 5) is 18.8. The van der Waals surface area contributed by atoms with E-state index in [9.17, 15) is 13.9 Å². The molecule has 2 atom stereocenters. The number of carbonyl (C=O) groups excluding carboxylic acids is 1. The average Bonchev–Trinajstić information content (AvgIpc) is 2.99. The molecule has 4 fully saturated rings. The number of carbonyl (C=O) groups is 1. The van der Waals surface area contributed by atoms with Crippen LogP contribution in [0.1, 0.15) is 142 Å². The number of Topliss-reactive ketones (excluding diaryl/α,β-unsaturated/α-hetero) is 1. The van der Waals surface area contributed by atoms with Crippen molar-refractivity contribution in [1.82, 2.24) is 0 Å². The minimum atomic E-state index is -0.800. The predicted molar refractivity (Wildman–Crippen MR) is 195 cm³/mol. The topological polar surface area (TPSA) is 179 Å². The molecule has 4 aliphatic rings. The number of ketones is 1. The summed E-state index contributed by atoms with van der Waals surface area (Å²) < 4.78 is 27.4. The van der Waals surface area contributed by atoms with Gasteiger partial charge in [-0.3, -0.25) is 0 Å². The van der Waals surface area contributed by atoms with Gasteiger partial charge in [-0.2, -0.15) is 9.15 Å². The summed E-state index contributed by atoms with van der Waals surface area (Å²) in [5, 5.41) is 0. The maximum absolute atomic E-state index is 11.5. The molecule has 4 aliphatic carbocycles. The van der Waals surface area contributed by atoms with Crippen LogP contribution in [0.4, 0.5) is 0 Å². The Morgan fingerprint density at radius 2 is 0.830 bits per heavy atom. The molecule has 4 saturated carbocycles. The summed E-state index contributed by atoms with van der Waals surface area (Å²) in [6, 6.07) is 8.47. The third kappa shape index (κ3) is 26.5. The van der Waals surface area contributed by atoms with E-state index < -0.39 is 22.4 Å². The fraction of sp³-hybridized carbons (Fsp3) is 0.909. The van der Waals surface area contributed by atoms with Crippen LogP contribution in [0.5, 0.6) is 0 Å². The molecule has 47 heavy (non-hydrogen) atoms. The number of aliphatic imine (C=N–C) groups is 2. The molecule has 0 radical (unpaired) electrons. The Kier molecular flexibility index (Phi) is 37.9. The first-order chi connectivity index (χ1) is 20.2. The number of rotatable bonds is 8. The number of hydrogen-bond donors (Lipinski definition) is 0. The molecule has 0 aromatic carbocycles. The molecule has 0 aromatic heterocycles. The van der Waals surface area contributed by atoms with Gasteiger partial charge in [0.2, 0.25) is 11.8 Å². The monoisotopic (exact) mass is 729 g/mol. The predicted octanol–water partition coefficient (Wildman–Crippen LogP) is 5.02. The molecule has 0 spiro atoms. The second-order valence-corrected chi connectivity index (χ2v) is 15.7. The van der Waals surface area contributed by atoms with E-state index in [2.05, 4.69) is 31.2 Å². The van der Waals surface area contributed by atoms with E-state index in [1.165, 1.54) is 142 Å². The fourth-order valence-corrected chi connectivity index (χ4v) is 7.66. The molecule has 0 bridgehead atoms. The summed E-state index contributed by atoms with van der Waals surface area (Å²) in [6.07, 6.45) is 29.0. The summed E-state index contributed by atoms with van der Waals surface area (Å²) in [5.74, 6) is 1.36. The van der Waals surface area contributed by atoms with Gasteiger partial charge in [0.25, 0.3) is 0 Å². The van der Waals surface area contributed by atoms with E-state index in [0.29, 0.717) is 35.9 Å². The third-order valence-electron chi connectivity index (χ3n) is 8.56. The molecule has 0 heterocycles. The molecule has 270 valence electrons. The van der Waals surface area contributed by atoms with Gasteiger partial charge in [-0.25, -0.2) is 0 Å². The van der Waals surface area contributed by atoms with E-state index in [-0.39, 0.29) is 56.9 Å². The Morgan fingerprint density at radius 3 is 1.06 bits per heavy atom.